The highest BCUT2D eigenvalue weighted by molar-refractivity contribution is 5.86. The van der Waals surface area contributed by atoms with Crippen molar-refractivity contribution >= 4 is 12.0 Å². The molecule has 0 aromatic rings. The highest BCUT2D eigenvalue weighted by atomic mass is 16.5. The number of nitrogens with one attached hydrogen (secondary N) is 1. The van der Waals surface area contributed by atoms with Crippen molar-refractivity contribution in [3.63, 3.8) is 0 Å². The van der Waals surface area contributed by atoms with Gasteiger partial charge in [-0.1, -0.05) is 13.8 Å². The molecule has 1 heterocycles. The minimum Gasteiger partial charge on any atom is -0.453 e. The quantitative estimate of drug-likeness (QED) is 0.837. The van der Waals surface area contributed by atoms with Gasteiger partial charge in [0.1, 0.15) is 6.04 Å². The lowest BCUT2D eigenvalue weighted by Crippen LogP contribution is -2.53. The van der Waals surface area contributed by atoms with Crippen LogP contribution in [0.3, 0.4) is 0 Å². The Kier molecular flexibility index (Phi) is 4.99. The average Bonchev–Trinajstić information content (AvgIpc) is 2.64. The topological polar surface area (TPSA) is 58.6 Å². The Labute approximate surface area is 109 Å². The van der Waals surface area contributed by atoms with Gasteiger partial charge in [-0.25, -0.2) is 4.79 Å². The van der Waals surface area contributed by atoms with E-state index in [1.165, 1.54) is 7.11 Å². The number of alkyl carbamates (subject to hydrolysis) is 1. The maximum absolute atomic E-state index is 12.5. The second-order valence-electron chi connectivity index (χ2n) is 5.38. The second-order valence-corrected chi connectivity index (χ2v) is 5.38. The van der Waals surface area contributed by atoms with Crippen molar-refractivity contribution in [2.45, 2.75) is 58.7 Å². The number of amides is 2. The van der Waals surface area contributed by atoms with Gasteiger partial charge in [-0.15, -0.1) is 0 Å². The van der Waals surface area contributed by atoms with Crippen LogP contribution in [0.2, 0.25) is 0 Å². The molecule has 0 saturated carbocycles. The van der Waals surface area contributed by atoms with Gasteiger partial charge in [-0.05, 0) is 32.6 Å². The molecular formula is C13H24N2O3. The van der Waals surface area contributed by atoms with Gasteiger partial charge >= 0.3 is 6.09 Å². The van der Waals surface area contributed by atoms with E-state index in [0.29, 0.717) is 0 Å². The van der Waals surface area contributed by atoms with Crippen LogP contribution in [0.4, 0.5) is 4.79 Å². The molecule has 1 fully saturated rings. The van der Waals surface area contributed by atoms with Crippen LogP contribution in [0, 0.1) is 5.92 Å². The Hall–Kier alpha value is -1.26. The summed E-state index contributed by atoms with van der Waals surface area (Å²) in [6.07, 6.45) is 1.49. The zero-order valence-corrected chi connectivity index (χ0v) is 11.9. The predicted molar refractivity (Wildman–Crippen MR) is 69.2 cm³/mol. The standard InChI is InChI=1S/C13H24N2O3/c1-8(2)11(14-13(17)18-5)12(16)15-9(3)6-7-10(15)4/h8-11H,6-7H2,1-5H3,(H,14,17)/t9-,10+,11-/m0/s1. The molecule has 0 radical (unpaired) electrons. The van der Waals surface area contributed by atoms with Crippen LogP contribution in [-0.4, -0.2) is 42.1 Å². The molecule has 0 aromatic carbocycles. The summed E-state index contributed by atoms with van der Waals surface area (Å²) < 4.78 is 4.58. The lowest BCUT2D eigenvalue weighted by Gasteiger charge is -2.32. The van der Waals surface area contributed by atoms with Crippen LogP contribution < -0.4 is 5.32 Å². The fourth-order valence-electron chi connectivity index (χ4n) is 2.49. The smallest absolute Gasteiger partial charge is 0.407 e. The number of methoxy groups -OCH3 is 1. The normalized spacial score (nSPS) is 25.1. The van der Waals surface area contributed by atoms with Crippen molar-refractivity contribution < 1.29 is 14.3 Å². The highest BCUT2D eigenvalue weighted by Crippen LogP contribution is 2.25. The van der Waals surface area contributed by atoms with E-state index in [1.54, 1.807) is 0 Å². The number of rotatable bonds is 3. The van der Waals surface area contributed by atoms with Crippen LogP contribution in [-0.2, 0) is 9.53 Å². The molecule has 0 bridgehead atoms. The Balaban J connectivity index is 2.79. The zero-order valence-electron chi connectivity index (χ0n) is 11.9. The molecule has 1 N–H and O–H groups in total. The molecule has 0 aromatic heterocycles. The van der Waals surface area contributed by atoms with E-state index < -0.39 is 12.1 Å². The van der Waals surface area contributed by atoms with Gasteiger partial charge in [0, 0.05) is 12.1 Å². The first-order valence-electron chi connectivity index (χ1n) is 6.55. The first-order chi connectivity index (χ1) is 8.38. The van der Waals surface area contributed by atoms with Gasteiger partial charge in [-0.3, -0.25) is 4.79 Å². The highest BCUT2D eigenvalue weighted by Gasteiger charge is 2.37. The third-order valence-electron chi connectivity index (χ3n) is 3.60. The monoisotopic (exact) mass is 256 g/mol. The molecule has 1 saturated heterocycles. The molecule has 1 rings (SSSR count). The molecule has 1 aliphatic heterocycles. The zero-order chi connectivity index (χ0) is 13.9. The second kappa shape index (κ2) is 6.07. The maximum atomic E-state index is 12.5. The summed E-state index contributed by atoms with van der Waals surface area (Å²) in [5.41, 5.74) is 0. The SMILES string of the molecule is COC(=O)N[C@H](C(=O)N1[C@H](C)CC[C@@H]1C)C(C)C. The Morgan fingerprint density at radius 1 is 1.22 bits per heavy atom. The van der Waals surface area contributed by atoms with Crippen LogP contribution in [0.25, 0.3) is 0 Å². The van der Waals surface area contributed by atoms with Gasteiger partial charge in [-0.2, -0.15) is 0 Å². The van der Waals surface area contributed by atoms with Crippen LogP contribution in [0.1, 0.15) is 40.5 Å². The average molecular weight is 256 g/mol. The number of carbonyl (C=O) groups excluding carboxylic acids is 2. The summed E-state index contributed by atoms with van der Waals surface area (Å²) in [5.74, 6) is 0.0319. The largest absolute Gasteiger partial charge is 0.453 e. The Bertz CT molecular complexity index is 307. The predicted octanol–water partition coefficient (Wildman–Crippen LogP) is 1.77. The van der Waals surface area contributed by atoms with Gasteiger partial charge in [0.05, 0.1) is 7.11 Å². The lowest BCUT2D eigenvalue weighted by atomic mass is 10.0. The van der Waals surface area contributed by atoms with Crippen LogP contribution >= 0.6 is 0 Å². The van der Waals surface area contributed by atoms with E-state index in [1.807, 2.05) is 18.7 Å². The molecule has 5 nitrogen and oxygen atoms in total. The lowest BCUT2D eigenvalue weighted by molar-refractivity contribution is -0.136. The molecule has 1 aliphatic rings. The van der Waals surface area contributed by atoms with E-state index in [0.717, 1.165) is 12.8 Å². The fourth-order valence-corrected chi connectivity index (χ4v) is 2.49. The molecule has 18 heavy (non-hydrogen) atoms. The first-order valence-corrected chi connectivity index (χ1v) is 6.55. The van der Waals surface area contributed by atoms with E-state index >= 15 is 0 Å². The third kappa shape index (κ3) is 3.15. The minimum absolute atomic E-state index is 0.00657. The number of ether oxygens (including phenoxy) is 1. The summed E-state index contributed by atoms with van der Waals surface area (Å²) in [6.45, 7) is 7.95. The minimum atomic E-state index is -0.554. The molecule has 2 amide bonds. The van der Waals surface area contributed by atoms with Crippen LogP contribution in [0.5, 0.6) is 0 Å². The van der Waals surface area contributed by atoms with Crippen molar-refractivity contribution in [1.82, 2.24) is 10.2 Å². The van der Waals surface area contributed by atoms with Crippen molar-refractivity contribution in [1.29, 1.82) is 0 Å². The molecule has 3 atom stereocenters. The molecular weight excluding hydrogens is 232 g/mol. The summed E-state index contributed by atoms with van der Waals surface area (Å²) in [4.78, 5) is 25.7. The first kappa shape index (κ1) is 14.8. The van der Waals surface area contributed by atoms with E-state index in [9.17, 15) is 9.59 Å². The summed E-state index contributed by atoms with van der Waals surface area (Å²) >= 11 is 0. The van der Waals surface area contributed by atoms with E-state index in [4.69, 9.17) is 0 Å². The summed E-state index contributed by atoms with van der Waals surface area (Å²) in [6, 6.07) is -0.0261. The molecule has 0 unspecified atom stereocenters. The number of likely N-dealkylation sites (tertiary alicyclic amines) is 1. The summed E-state index contributed by atoms with van der Waals surface area (Å²) in [7, 11) is 1.30. The van der Waals surface area contributed by atoms with Crippen molar-refractivity contribution in [2.24, 2.45) is 5.92 Å². The Morgan fingerprint density at radius 2 is 1.72 bits per heavy atom. The van der Waals surface area contributed by atoms with Crippen molar-refractivity contribution in [3.05, 3.63) is 0 Å². The number of hydrogen-bond donors (Lipinski definition) is 1. The van der Waals surface area contributed by atoms with Crippen LogP contribution in [0.15, 0.2) is 0 Å². The Morgan fingerprint density at radius 3 is 2.11 bits per heavy atom. The number of nitrogens with zero attached hydrogens (tertiary/aromatic N) is 1. The van der Waals surface area contributed by atoms with Gasteiger partial charge in [0.2, 0.25) is 5.91 Å². The van der Waals surface area contributed by atoms with Crippen molar-refractivity contribution in [2.75, 3.05) is 7.11 Å². The van der Waals surface area contributed by atoms with Gasteiger partial charge < -0.3 is 15.0 Å². The third-order valence-corrected chi connectivity index (χ3v) is 3.60. The van der Waals surface area contributed by atoms with E-state index in [-0.39, 0.29) is 23.9 Å². The molecule has 0 spiro atoms. The molecule has 5 heteroatoms. The number of hydrogen-bond acceptors (Lipinski definition) is 3. The van der Waals surface area contributed by atoms with Gasteiger partial charge in [0.25, 0.3) is 0 Å². The fraction of sp³-hybridized carbons (Fsp3) is 0.846. The van der Waals surface area contributed by atoms with Crippen molar-refractivity contribution in [3.8, 4) is 0 Å². The maximum Gasteiger partial charge on any atom is 0.407 e. The molecule has 0 aliphatic carbocycles. The van der Waals surface area contributed by atoms with E-state index in [2.05, 4.69) is 23.9 Å². The number of carbonyl (C=O) groups is 2. The summed E-state index contributed by atoms with van der Waals surface area (Å²) in [5, 5.41) is 2.63. The molecule has 104 valence electrons. The van der Waals surface area contributed by atoms with Gasteiger partial charge in [0.15, 0.2) is 0 Å².